The monoisotopic (exact) mass is 296 g/mol. The lowest BCUT2D eigenvalue weighted by molar-refractivity contribution is -0.134. The van der Waals surface area contributed by atoms with Crippen molar-refractivity contribution >= 4 is 5.91 Å². The van der Waals surface area contributed by atoms with Gasteiger partial charge in [-0.25, -0.2) is 0 Å². The van der Waals surface area contributed by atoms with Crippen molar-refractivity contribution in [3.05, 3.63) is 0 Å². The van der Waals surface area contributed by atoms with Gasteiger partial charge in [-0.2, -0.15) is 0 Å². The molecule has 0 aromatic heterocycles. The maximum atomic E-state index is 12.1. The number of carbonyl (C=O) groups excluding carboxylic acids is 1. The average molecular weight is 296 g/mol. The molecule has 21 heavy (non-hydrogen) atoms. The van der Waals surface area contributed by atoms with Gasteiger partial charge < -0.3 is 10.6 Å². The summed E-state index contributed by atoms with van der Waals surface area (Å²) in [6, 6.07) is 1.14. The summed E-state index contributed by atoms with van der Waals surface area (Å²) in [6.45, 7) is 12.6. The predicted octanol–water partition coefficient (Wildman–Crippen LogP) is 0.741. The fourth-order valence-corrected chi connectivity index (χ4v) is 3.55. The summed E-state index contributed by atoms with van der Waals surface area (Å²) < 4.78 is 0. The second-order valence-electron chi connectivity index (χ2n) is 6.69. The number of nitrogens with two attached hydrogens (primary N) is 1. The van der Waals surface area contributed by atoms with Crippen molar-refractivity contribution in [1.29, 1.82) is 0 Å². The van der Waals surface area contributed by atoms with Gasteiger partial charge in [-0.15, -0.1) is 0 Å². The summed E-state index contributed by atoms with van der Waals surface area (Å²) in [4.78, 5) is 19.1. The Hall–Kier alpha value is -0.650. The van der Waals surface area contributed by atoms with Crippen LogP contribution in [0.15, 0.2) is 0 Å². The molecule has 0 bridgehead atoms. The number of nitrogens with zero attached hydrogens (tertiary/aromatic N) is 3. The zero-order valence-electron chi connectivity index (χ0n) is 13.9. The highest BCUT2D eigenvalue weighted by Crippen LogP contribution is 2.22. The van der Waals surface area contributed by atoms with Crippen LogP contribution in [0.4, 0.5) is 0 Å². The molecule has 3 atom stereocenters. The molecule has 0 aromatic carbocycles. The average Bonchev–Trinajstić information content (AvgIpc) is 2.83. The van der Waals surface area contributed by atoms with Crippen LogP contribution in [0.25, 0.3) is 0 Å². The minimum absolute atomic E-state index is 0.124. The molecule has 2 heterocycles. The van der Waals surface area contributed by atoms with Crippen LogP contribution in [0.1, 0.15) is 40.0 Å². The van der Waals surface area contributed by atoms with Crippen molar-refractivity contribution in [2.75, 3.05) is 39.3 Å². The van der Waals surface area contributed by atoms with Crippen LogP contribution in [0.3, 0.4) is 0 Å². The largest absolute Gasteiger partial charge is 0.339 e. The Kier molecular flexibility index (Phi) is 6.02. The van der Waals surface area contributed by atoms with Gasteiger partial charge in [0.15, 0.2) is 0 Å². The number of piperazine rings is 1. The van der Waals surface area contributed by atoms with E-state index in [1.165, 1.54) is 12.8 Å². The van der Waals surface area contributed by atoms with E-state index in [1.807, 2.05) is 11.8 Å². The Morgan fingerprint density at radius 1 is 1.10 bits per heavy atom. The van der Waals surface area contributed by atoms with Crippen molar-refractivity contribution in [3.8, 4) is 0 Å². The van der Waals surface area contributed by atoms with E-state index in [-0.39, 0.29) is 11.9 Å². The van der Waals surface area contributed by atoms with Crippen LogP contribution in [-0.4, -0.2) is 78.0 Å². The van der Waals surface area contributed by atoms with Crippen LogP contribution >= 0.6 is 0 Å². The molecule has 2 N–H and O–H groups in total. The van der Waals surface area contributed by atoms with E-state index in [2.05, 4.69) is 23.6 Å². The lowest BCUT2D eigenvalue weighted by atomic mass is 10.2. The molecule has 1 amide bonds. The summed E-state index contributed by atoms with van der Waals surface area (Å²) in [5.74, 6) is 0.124. The van der Waals surface area contributed by atoms with Crippen LogP contribution < -0.4 is 5.73 Å². The molecule has 5 heteroatoms. The molecule has 2 fully saturated rings. The van der Waals surface area contributed by atoms with Gasteiger partial charge in [0.25, 0.3) is 0 Å². The summed E-state index contributed by atoms with van der Waals surface area (Å²) >= 11 is 0. The summed E-state index contributed by atoms with van der Waals surface area (Å²) in [5.41, 5.74) is 5.84. The van der Waals surface area contributed by atoms with Crippen molar-refractivity contribution in [3.63, 3.8) is 0 Å². The molecule has 0 spiro atoms. The Morgan fingerprint density at radius 2 is 1.67 bits per heavy atom. The van der Waals surface area contributed by atoms with Gasteiger partial charge in [-0.3, -0.25) is 14.6 Å². The minimum Gasteiger partial charge on any atom is -0.339 e. The third-order valence-electron chi connectivity index (χ3n) is 5.25. The smallest absolute Gasteiger partial charge is 0.239 e. The Balaban J connectivity index is 1.71. The number of rotatable bonds is 5. The molecule has 2 rings (SSSR count). The lowest BCUT2D eigenvalue weighted by Gasteiger charge is -2.37. The van der Waals surface area contributed by atoms with Crippen molar-refractivity contribution in [1.82, 2.24) is 14.7 Å². The normalized spacial score (nSPS) is 29.8. The number of likely N-dealkylation sites (tertiary alicyclic amines) is 1. The molecule has 5 nitrogen and oxygen atoms in total. The first-order valence-electron chi connectivity index (χ1n) is 8.55. The van der Waals surface area contributed by atoms with Crippen molar-refractivity contribution in [2.24, 2.45) is 5.73 Å². The van der Waals surface area contributed by atoms with E-state index < -0.39 is 0 Å². The molecule has 122 valence electrons. The van der Waals surface area contributed by atoms with Gasteiger partial charge in [-0.1, -0.05) is 6.92 Å². The molecule has 0 saturated carbocycles. The lowest BCUT2D eigenvalue weighted by Crippen LogP contribution is -2.54. The SMILES string of the molecule is CC[C@H](N)C(=O)N1CCN(CCN2[C@H](C)CC[C@H]2C)CC1. The van der Waals surface area contributed by atoms with Crippen molar-refractivity contribution in [2.45, 2.75) is 58.2 Å². The van der Waals surface area contributed by atoms with E-state index in [4.69, 9.17) is 5.73 Å². The van der Waals surface area contributed by atoms with Gasteiger partial charge in [-0.05, 0) is 33.1 Å². The molecule has 2 aliphatic rings. The highest BCUT2D eigenvalue weighted by Gasteiger charge is 2.28. The van der Waals surface area contributed by atoms with Crippen LogP contribution in [0, 0.1) is 0 Å². The highest BCUT2D eigenvalue weighted by molar-refractivity contribution is 5.81. The summed E-state index contributed by atoms with van der Waals surface area (Å²) in [6.07, 6.45) is 3.39. The first kappa shape index (κ1) is 16.7. The third kappa shape index (κ3) is 4.18. The Labute approximate surface area is 129 Å². The number of carbonyl (C=O) groups is 1. The topological polar surface area (TPSA) is 52.8 Å². The molecule has 2 aliphatic heterocycles. The van der Waals surface area contributed by atoms with Crippen molar-refractivity contribution < 1.29 is 4.79 Å². The molecular formula is C16H32N4O. The maximum Gasteiger partial charge on any atom is 0.239 e. The molecule has 0 aliphatic carbocycles. The fraction of sp³-hybridized carbons (Fsp3) is 0.938. The van der Waals surface area contributed by atoms with Crippen LogP contribution in [0.2, 0.25) is 0 Å². The molecule has 0 aromatic rings. The number of hydrogen-bond acceptors (Lipinski definition) is 4. The standard InChI is InChI=1S/C16H32N4O/c1-4-15(17)16(21)19-10-7-18(8-11-19)9-12-20-13(2)5-6-14(20)3/h13-15H,4-12,17H2,1-3H3/t13-,14-,15+/m1/s1. The molecule has 2 saturated heterocycles. The minimum atomic E-state index is -0.317. The number of amides is 1. The zero-order chi connectivity index (χ0) is 15.4. The van der Waals surface area contributed by atoms with E-state index in [0.717, 1.165) is 57.8 Å². The molecule has 0 radical (unpaired) electrons. The molecule has 0 unspecified atom stereocenters. The summed E-state index contributed by atoms with van der Waals surface area (Å²) in [7, 11) is 0. The van der Waals surface area contributed by atoms with Gasteiger partial charge in [0.1, 0.15) is 0 Å². The second kappa shape index (κ2) is 7.56. The first-order chi connectivity index (χ1) is 10.0. The highest BCUT2D eigenvalue weighted by atomic mass is 16.2. The third-order valence-corrected chi connectivity index (χ3v) is 5.25. The van der Waals surface area contributed by atoms with E-state index in [0.29, 0.717) is 0 Å². The Bertz CT molecular complexity index is 331. The predicted molar refractivity (Wildman–Crippen MR) is 86.2 cm³/mol. The van der Waals surface area contributed by atoms with Gasteiger partial charge in [0, 0.05) is 51.4 Å². The van der Waals surface area contributed by atoms with Gasteiger partial charge in [0.05, 0.1) is 6.04 Å². The molecular weight excluding hydrogens is 264 g/mol. The van der Waals surface area contributed by atoms with Crippen LogP contribution in [-0.2, 0) is 4.79 Å². The second-order valence-corrected chi connectivity index (χ2v) is 6.69. The van der Waals surface area contributed by atoms with Gasteiger partial charge in [0.2, 0.25) is 5.91 Å². The number of hydrogen-bond donors (Lipinski definition) is 1. The first-order valence-corrected chi connectivity index (χ1v) is 8.55. The zero-order valence-corrected chi connectivity index (χ0v) is 13.9. The van der Waals surface area contributed by atoms with E-state index >= 15 is 0 Å². The summed E-state index contributed by atoms with van der Waals surface area (Å²) in [5, 5.41) is 0. The van der Waals surface area contributed by atoms with Gasteiger partial charge >= 0.3 is 0 Å². The fourth-order valence-electron chi connectivity index (χ4n) is 3.55. The van der Waals surface area contributed by atoms with E-state index in [9.17, 15) is 4.79 Å². The van der Waals surface area contributed by atoms with E-state index in [1.54, 1.807) is 0 Å². The maximum absolute atomic E-state index is 12.1. The quantitative estimate of drug-likeness (QED) is 0.813. The van der Waals surface area contributed by atoms with Crippen LogP contribution in [0.5, 0.6) is 0 Å². The Morgan fingerprint density at radius 3 is 2.19 bits per heavy atom.